The Hall–Kier alpha value is -0.380. The van der Waals surface area contributed by atoms with Crippen molar-refractivity contribution in [3.8, 4) is 0 Å². The number of halogens is 1. The van der Waals surface area contributed by atoms with Crippen molar-refractivity contribution in [2.75, 3.05) is 7.05 Å². The molecule has 1 saturated carbocycles. The van der Waals surface area contributed by atoms with Crippen LogP contribution < -0.4 is 5.32 Å². The number of benzene rings is 1. The second-order valence-corrected chi connectivity index (χ2v) is 6.23. The molecule has 0 aliphatic heterocycles. The molecule has 0 radical (unpaired) electrons. The van der Waals surface area contributed by atoms with Gasteiger partial charge in [0.15, 0.2) is 0 Å². The van der Waals surface area contributed by atoms with E-state index in [1.165, 1.54) is 0 Å². The standard InChI is InChI=1S/C12H16ClNOS/c1-14-11-6-3-7-12(11)16(15)10-5-2-4-9(13)8-10/h2,4-5,8,11-12,14H,3,6-7H2,1H3. The monoisotopic (exact) mass is 257 g/mol. The summed E-state index contributed by atoms with van der Waals surface area (Å²) < 4.78 is 12.4. The van der Waals surface area contributed by atoms with Gasteiger partial charge in [-0.25, -0.2) is 0 Å². The first-order valence-corrected chi connectivity index (χ1v) is 7.15. The third kappa shape index (κ3) is 2.47. The topological polar surface area (TPSA) is 29.1 Å². The Kier molecular flexibility index (Phi) is 4.00. The van der Waals surface area contributed by atoms with Crippen LogP contribution in [-0.2, 0) is 10.8 Å². The fourth-order valence-electron chi connectivity index (χ4n) is 2.28. The maximum absolute atomic E-state index is 12.4. The highest BCUT2D eigenvalue weighted by Crippen LogP contribution is 2.28. The molecule has 16 heavy (non-hydrogen) atoms. The Morgan fingerprint density at radius 2 is 2.25 bits per heavy atom. The van der Waals surface area contributed by atoms with Gasteiger partial charge in [0.2, 0.25) is 0 Å². The van der Waals surface area contributed by atoms with Gasteiger partial charge < -0.3 is 5.32 Å². The maximum Gasteiger partial charge on any atom is 0.0577 e. The molecule has 0 bridgehead atoms. The summed E-state index contributed by atoms with van der Waals surface area (Å²) >= 11 is 5.92. The van der Waals surface area contributed by atoms with Gasteiger partial charge in [0.25, 0.3) is 0 Å². The fraction of sp³-hybridized carbons (Fsp3) is 0.500. The average molecular weight is 258 g/mol. The van der Waals surface area contributed by atoms with Crippen molar-refractivity contribution in [2.45, 2.75) is 35.4 Å². The van der Waals surface area contributed by atoms with Crippen LogP contribution in [0.4, 0.5) is 0 Å². The van der Waals surface area contributed by atoms with Gasteiger partial charge in [-0.1, -0.05) is 24.1 Å². The van der Waals surface area contributed by atoms with E-state index in [0.717, 1.165) is 24.2 Å². The molecule has 1 aromatic carbocycles. The maximum atomic E-state index is 12.4. The molecule has 1 aromatic rings. The smallest absolute Gasteiger partial charge is 0.0577 e. The molecule has 3 atom stereocenters. The lowest BCUT2D eigenvalue weighted by molar-refractivity contribution is 0.576. The van der Waals surface area contributed by atoms with Gasteiger partial charge in [0.1, 0.15) is 0 Å². The third-order valence-corrected chi connectivity index (χ3v) is 5.19. The molecule has 0 aromatic heterocycles. The quantitative estimate of drug-likeness (QED) is 0.902. The minimum absolute atomic E-state index is 0.225. The van der Waals surface area contributed by atoms with E-state index in [4.69, 9.17) is 11.6 Å². The predicted octanol–water partition coefficient (Wildman–Crippen LogP) is 2.59. The van der Waals surface area contributed by atoms with Crippen LogP contribution in [0.2, 0.25) is 5.02 Å². The zero-order chi connectivity index (χ0) is 11.5. The van der Waals surface area contributed by atoms with E-state index in [1.807, 2.05) is 31.3 Å². The van der Waals surface area contributed by atoms with Crippen molar-refractivity contribution in [1.82, 2.24) is 5.32 Å². The molecule has 1 aliphatic rings. The molecule has 88 valence electrons. The first-order chi connectivity index (χ1) is 7.72. The lowest BCUT2D eigenvalue weighted by atomic mass is 10.2. The summed E-state index contributed by atoms with van der Waals surface area (Å²) in [5, 5.41) is 4.14. The molecule has 3 unspecified atom stereocenters. The fourth-order valence-corrected chi connectivity index (χ4v) is 4.29. The second-order valence-electron chi connectivity index (χ2n) is 4.12. The van der Waals surface area contributed by atoms with Gasteiger partial charge in [0, 0.05) is 16.0 Å². The van der Waals surface area contributed by atoms with E-state index < -0.39 is 10.8 Å². The van der Waals surface area contributed by atoms with E-state index in [1.54, 1.807) is 0 Å². The summed E-state index contributed by atoms with van der Waals surface area (Å²) in [6, 6.07) is 7.75. The van der Waals surface area contributed by atoms with E-state index in [2.05, 4.69) is 5.32 Å². The van der Waals surface area contributed by atoms with Crippen molar-refractivity contribution < 1.29 is 4.21 Å². The van der Waals surface area contributed by atoms with Crippen LogP contribution in [0.1, 0.15) is 19.3 Å². The summed E-state index contributed by atoms with van der Waals surface area (Å²) in [7, 11) is 0.997. The highest BCUT2D eigenvalue weighted by molar-refractivity contribution is 7.85. The van der Waals surface area contributed by atoms with Gasteiger partial charge in [-0.15, -0.1) is 0 Å². The van der Waals surface area contributed by atoms with Crippen LogP contribution in [0.15, 0.2) is 29.2 Å². The number of hydrogen-bond donors (Lipinski definition) is 1. The average Bonchev–Trinajstić information content (AvgIpc) is 2.76. The lowest BCUT2D eigenvalue weighted by Gasteiger charge is -2.18. The second kappa shape index (κ2) is 5.30. The van der Waals surface area contributed by atoms with Gasteiger partial charge in [0.05, 0.1) is 16.0 Å². The SMILES string of the molecule is CNC1CCCC1S(=O)c1cccc(Cl)c1. The Morgan fingerprint density at radius 1 is 1.44 bits per heavy atom. The van der Waals surface area contributed by atoms with Gasteiger partial charge in [-0.3, -0.25) is 4.21 Å². The van der Waals surface area contributed by atoms with Crippen LogP contribution in [0, 0.1) is 0 Å². The molecule has 0 saturated heterocycles. The number of hydrogen-bond acceptors (Lipinski definition) is 2. The molecule has 1 aliphatic carbocycles. The molecule has 1 fully saturated rings. The van der Waals surface area contributed by atoms with Gasteiger partial charge >= 0.3 is 0 Å². The zero-order valence-corrected chi connectivity index (χ0v) is 10.9. The highest BCUT2D eigenvalue weighted by Gasteiger charge is 2.31. The Balaban J connectivity index is 2.18. The molecule has 2 rings (SSSR count). The van der Waals surface area contributed by atoms with Crippen LogP contribution in [0.3, 0.4) is 0 Å². The minimum atomic E-state index is -0.946. The lowest BCUT2D eigenvalue weighted by Crippen LogP contribution is -2.35. The minimum Gasteiger partial charge on any atom is -0.316 e. The van der Waals surface area contributed by atoms with Crippen LogP contribution >= 0.6 is 11.6 Å². The summed E-state index contributed by atoms with van der Waals surface area (Å²) in [5.41, 5.74) is 0. The molecule has 1 N–H and O–H groups in total. The van der Waals surface area contributed by atoms with E-state index in [0.29, 0.717) is 11.1 Å². The van der Waals surface area contributed by atoms with Crippen molar-refractivity contribution in [3.05, 3.63) is 29.3 Å². The highest BCUT2D eigenvalue weighted by atomic mass is 35.5. The van der Waals surface area contributed by atoms with Crippen LogP contribution in [-0.4, -0.2) is 22.5 Å². The van der Waals surface area contributed by atoms with Crippen molar-refractivity contribution in [2.24, 2.45) is 0 Å². The van der Waals surface area contributed by atoms with E-state index in [9.17, 15) is 4.21 Å². The molecular weight excluding hydrogens is 242 g/mol. The third-order valence-electron chi connectivity index (χ3n) is 3.13. The Bertz CT molecular complexity index is 396. The van der Waals surface area contributed by atoms with E-state index >= 15 is 0 Å². The molecular formula is C12H16ClNOS. The van der Waals surface area contributed by atoms with Crippen molar-refractivity contribution in [1.29, 1.82) is 0 Å². The van der Waals surface area contributed by atoms with Crippen molar-refractivity contribution >= 4 is 22.4 Å². The number of nitrogens with one attached hydrogen (secondary N) is 1. The first kappa shape index (κ1) is 12.1. The zero-order valence-electron chi connectivity index (χ0n) is 9.28. The molecule has 4 heteroatoms. The molecule has 2 nitrogen and oxygen atoms in total. The van der Waals surface area contributed by atoms with E-state index in [-0.39, 0.29) is 5.25 Å². The number of rotatable bonds is 3. The van der Waals surface area contributed by atoms with Crippen molar-refractivity contribution in [3.63, 3.8) is 0 Å². The largest absolute Gasteiger partial charge is 0.316 e. The van der Waals surface area contributed by atoms with Gasteiger partial charge in [-0.05, 0) is 38.1 Å². The summed E-state index contributed by atoms with van der Waals surface area (Å²) in [5.74, 6) is 0. The summed E-state index contributed by atoms with van der Waals surface area (Å²) in [6.45, 7) is 0. The van der Waals surface area contributed by atoms with Crippen LogP contribution in [0.25, 0.3) is 0 Å². The molecule has 0 spiro atoms. The molecule has 0 heterocycles. The Morgan fingerprint density at radius 3 is 2.94 bits per heavy atom. The van der Waals surface area contributed by atoms with Gasteiger partial charge in [-0.2, -0.15) is 0 Å². The summed E-state index contributed by atoms with van der Waals surface area (Å²) in [4.78, 5) is 0.847. The Labute approximate surface area is 104 Å². The van der Waals surface area contributed by atoms with Crippen LogP contribution in [0.5, 0.6) is 0 Å². The summed E-state index contributed by atoms with van der Waals surface area (Å²) in [6.07, 6.45) is 3.31. The predicted molar refractivity (Wildman–Crippen MR) is 68.3 cm³/mol. The normalized spacial score (nSPS) is 26.9. The first-order valence-electron chi connectivity index (χ1n) is 5.56. The molecule has 0 amide bonds.